The molecule has 6 heteroatoms. The van der Waals surface area contributed by atoms with Crippen molar-refractivity contribution in [3.8, 4) is 11.8 Å². The second-order valence-electron chi connectivity index (χ2n) is 4.29. The van der Waals surface area contributed by atoms with Gasteiger partial charge in [0.05, 0.1) is 11.6 Å². The third-order valence-electron chi connectivity index (χ3n) is 2.88. The van der Waals surface area contributed by atoms with Crippen LogP contribution in [0.15, 0.2) is 42.6 Å². The largest absolute Gasteiger partial charge is 0.434 e. The highest BCUT2D eigenvalue weighted by Crippen LogP contribution is 2.29. The molecule has 0 aliphatic rings. The van der Waals surface area contributed by atoms with Gasteiger partial charge in [0.1, 0.15) is 17.6 Å². The highest BCUT2D eigenvalue weighted by molar-refractivity contribution is 5.53. The number of nitrogens with zero attached hydrogens (tertiary/aromatic N) is 2. The third-order valence-corrected chi connectivity index (χ3v) is 2.88. The van der Waals surface area contributed by atoms with Crippen molar-refractivity contribution in [3.63, 3.8) is 0 Å². The molecule has 0 radical (unpaired) electrons. The lowest BCUT2D eigenvalue weighted by Gasteiger charge is -2.18. The minimum absolute atomic E-state index is 0.0990. The van der Waals surface area contributed by atoms with Crippen LogP contribution >= 0.6 is 0 Å². The number of para-hydroxylation sites is 1. The number of aromatic nitrogens is 1. The molecule has 1 N–H and O–H groups in total. The van der Waals surface area contributed by atoms with Gasteiger partial charge < -0.3 is 10.1 Å². The lowest BCUT2D eigenvalue weighted by Crippen LogP contribution is -2.12. The zero-order valence-corrected chi connectivity index (χ0v) is 11.3. The Kier molecular flexibility index (Phi) is 4.67. The fourth-order valence-electron chi connectivity index (χ4n) is 1.93. The van der Waals surface area contributed by atoms with Crippen molar-refractivity contribution in [2.75, 3.05) is 5.32 Å². The molecule has 0 aliphatic carbocycles. The first-order valence-electron chi connectivity index (χ1n) is 6.27. The van der Waals surface area contributed by atoms with E-state index in [9.17, 15) is 8.78 Å². The van der Waals surface area contributed by atoms with Crippen LogP contribution in [-0.2, 0) is 0 Å². The number of hydrogen-bond donors (Lipinski definition) is 1. The van der Waals surface area contributed by atoms with Crippen LogP contribution in [0.1, 0.15) is 24.1 Å². The maximum absolute atomic E-state index is 12.4. The molecule has 0 fully saturated rings. The van der Waals surface area contributed by atoms with Gasteiger partial charge in [0, 0.05) is 11.8 Å². The zero-order chi connectivity index (χ0) is 15.2. The van der Waals surface area contributed by atoms with Gasteiger partial charge in [-0.1, -0.05) is 18.2 Å². The van der Waals surface area contributed by atoms with Gasteiger partial charge in [-0.2, -0.15) is 14.0 Å². The van der Waals surface area contributed by atoms with Gasteiger partial charge in [-0.05, 0) is 25.1 Å². The van der Waals surface area contributed by atoms with E-state index in [1.165, 1.54) is 6.07 Å². The van der Waals surface area contributed by atoms with Crippen LogP contribution in [0.25, 0.3) is 0 Å². The first-order valence-corrected chi connectivity index (χ1v) is 6.27. The standard InChI is InChI=1S/C15H13F2N3O/c1-10(20-14-11(9-18)5-4-8-19-14)12-6-2-3-7-13(12)21-15(16)17/h2-8,10,15H,1H3,(H,19,20)/t10-/m1/s1. The maximum atomic E-state index is 12.4. The number of ether oxygens (including phenoxy) is 1. The molecular formula is C15H13F2N3O. The molecule has 2 rings (SSSR count). The van der Waals surface area contributed by atoms with Crippen LogP contribution in [0.3, 0.4) is 0 Å². The number of benzene rings is 1. The van der Waals surface area contributed by atoms with Gasteiger partial charge in [-0.15, -0.1) is 0 Å². The van der Waals surface area contributed by atoms with Crippen LogP contribution < -0.4 is 10.1 Å². The van der Waals surface area contributed by atoms with Gasteiger partial charge in [-0.3, -0.25) is 0 Å². The van der Waals surface area contributed by atoms with Crippen molar-refractivity contribution in [1.82, 2.24) is 4.98 Å². The Bertz CT molecular complexity index is 655. The average Bonchev–Trinajstić information content (AvgIpc) is 2.47. The summed E-state index contributed by atoms with van der Waals surface area (Å²) in [5, 5.41) is 12.1. The highest BCUT2D eigenvalue weighted by Gasteiger charge is 2.15. The molecule has 1 heterocycles. The Labute approximate surface area is 121 Å². The predicted molar refractivity (Wildman–Crippen MR) is 74.1 cm³/mol. The summed E-state index contributed by atoms with van der Waals surface area (Å²) in [4.78, 5) is 4.08. The molecule has 108 valence electrons. The number of pyridine rings is 1. The van der Waals surface area contributed by atoms with E-state index in [1.807, 2.05) is 6.07 Å². The Balaban J connectivity index is 2.25. The Morgan fingerprint density at radius 2 is 2.00 bits per heavy atom. The molecule has 1 aromatic heterocycles. The fourth-order valence-corrected chi connectivity index (χ4v) is 1.93. The number of nitrogens with one attached hydrogen (secondary N) is 1. The Morgan fingerprint density at radius 1 is 1.24 bits per heavy atom. The first kappa shape index (κ1) is 14.7. The summed E-state index contributed by atoms with van der Waals surface area (Å²) in [5.74, 6) is 0.501. The first-order chi connectivity index (χ1) is 10.1. The molecular weight excluding hydrogens is 276 g/mol. The molecule has 21 heavy (non-hydrogen) atoms. The van der Waals surface area contributed by atoms with Crippen molar-refractivity contribution in [1.29, 1.82) is 5.26 Å². The van der Waals surface area contributed by atoms with E-state index in [2.05, 4.69) is 15.0 Å². The summed E-state index contributed by atoms with van der Waals surface area (Å²) in [6.45, 7) is -1.10. The predicted octanol–water partition coefficient (Wildman–Crippen LogP) is 3.73. The second-order valence-corrected chi connectivity index (χ2v) is 4.29. The van der Waals surface area contributed by atoms with E-state index in [4.69, 9.17) is 5.26 Å². The van der Waals surface area contributed by atoms with Gasteiger partial charge >= 0.3 is 6.61 Å². The summed E-state index contributed by atoms with van der Waals surface area (Å²) in [6, 6.07) is 11.5. The van der Waals surface area contributed by atoms with Crippen molar-refractivity contribution in [2.45, 2.75) is 19.6 Å². The van der Waals surface area contributed by atoms with Crippen LogP contribution in [-0.4, -0.2) is 11.6 Å². The summed E-state index contributed by atoms with van der Waals surface area (Å²) in [6.07, 6.45) is 1.55. The quantitative estimate of drug-likeness (QED) is 0.911. The van der Waals surface area contributed by atoms with Gasteiger partial charge in [0.25, 0.3) is 0 Å². The number of rotatable bonds is 5. The summed E-state index contributed by atoms with van der Waals surface area (Å²) in [7, 11) is 0. The van der Waals surface area contributed by atoms with E-state index >= 15 is 0 Å². The molecule has 2 aromatic rings. The third kappa shape index (κ3) is 3.66. The molecule has 0 saturated carbocycles. The number of hydrogen-bond acceptors (Lipinski definition) is 4. The van der Waals surface area contributed by atoms with Crippen LogP contribution in [0.2, 0.25) is 0 Å². The highest BCUT2D eigenvalue weighted by atomic mass is 19.3. The second kappa shape index (κ2) is 6.66. The van der Waals surface area contributed by atoms with Crippen LogP contribution in [0, 0.1) is 11.3 Å². The van der Waals surface area contributed by atoms with Gasteiger partial charge in [0.15, 0.2) is 0 Å². The minimum atomic E-state index is -2.89. The van der Waals surface area contributed by atoms with Gasteiger partial charge in [-0.25, -0.2) is 4.98 Å². The molecule has 1 atom stereocenters. The topological polar surface area (TPSA) is 57.9 Å². The Morgan fingerprint density at radius 3 is 2.71 bits per heavy atom. The Hall–Kier alpha value is -2.68. The minimum Gasteiger partial charge on any atom is -0.434 e. The number of anilines is 1. The number of halogens is 2. The van der Waals surface area contributed by atoms with Crippen molar-refractivity contribution in [3.05, 3.63) is 53.7 Å². The van der Waals surface area contributed by atoms with E-state index in [0.29, 0.717) is 16.9 Å². The van der Waals surface area contributed by atoms with E-state index < -0.39 is 6.61 Å². The van der Waals surface area contributed by atoms with E-state index in [0.717, 1.165) is 0 Å². The maximum Gasteiger partial charge on any atom is 0.387 e. The zero-order valence-electron chi connectivity index (χ0n) is 11.3. The summed E-state index contributed by atoms with van der Waals surface area (Å²) >= 11 is 0. The molecule has 0 aliphatic heterocycles. The van der Waals surface area contributed by atoms with E-state index in [1.54, 1.807) is 43.5 Å². The van der Waals surface area contributed by atoms with Crippen LogP contribution in [0.5, 0.6) is 5.75 Å². The molecule has 0 spiro atoms. The molecule has 1 aromatic carbocycles. The molecule has 0 saturated heterocycles. The average molecular weight is 289 g/mol. The van der Waals surface area contributed by atoms with E-state index in [-0.39, 0.29) is 11.8 Å². The molecule has 0 unspecified atom stereocenters. The van der Waals surface area contributed by atoms with Crippen molar-refractivity contribution < 1.29 is 13.5 Å². The SMILES string of the molecule is C[C@@H](Nc1ncccc1C#N)c1ccccc1OC(F)F. The van der Waals surface area contributed by atoms with Crippen molar-refractivity contribution >= 4 is 5.82 Å². The van der Waals surface area contributed by atoms with Crippen LogP contribution in [0.4, 0.5) is 14.6 Å². The lowest BCUT2D eigenvalue weighted by atomic mass is 10.1. The fraction of sp³-hybridized carbons (Fsp3) is 0.200. The number of alkyl halides is 2. The molecule has 0 amide bonds. The smallest absolute Gasteiger partial charge is 0.387 e. The molecule has 4 nitrogen and oxygen atoms in total. The monoisotopic (exact) mass is 289 g/mol. The molecule has 0 bridgehead atoms. The normalized spacial score (nSPS) is 11.8. The summed E-state index contributed by atoms with van der Waals surface area (Å²) in [5.41, 5.74) is 0.948. The van der Waals surface area contributed by atoms with Gasteiger partial charge in [0.2, 0.25) is 0 Å². The lowest BCUT2D eigenvalue weighted by molar-refractivity contribution is -0.0505. The number of nitriles is 1. The van der Waals surface area contributed by atoms with Crippen molar-refractivity contribution in [2.24, 2.45) is 0 Å². The summed E-state index contributed by atoms with van der Waals surface area (Å²) < 4.78 is 29.3.